The molecule has 0 radical (unpaired) electrons. The predicted octanol–water partition coefficient (Wildman–Crippen LogP) is 1.36. The first-order valence-electron chi connectivity index (χ1n) is 10.5. The summed E-state index contributed by atoms with van der Waals surface area (Å²) in [7, 11) is 0. The van der Waals surface area contributed by atoms with Crippen LogP contribution in [0.15, 0.2) is 96.4 Å². The van der Waals surface area contributed by atoms with E-state index in [2.05, 4.69) is 10.3 Å². The molecule has 0 fully saturated rings. The van der Waals surface area contributed by atoms with E-state index >= 15 is 0 Å². The summed E-state index contributed by atoms with van der Waals surface area (Å²) in [6.45, 7) is 2.26. The van der Waals surface area contributed by atoms with Crippen molar-refractivity contribution in [2.24, 2.45) is 5.16 Å². The number of carboxylic acid groups (broad SMARTS) is 1. The van der Waals surface area contributed by atoms with Crippen molar-refractivity contribution < 1.29 is 49.0 Å². The number of oxime groups is 1. The molecule has 0 bridgehead atoms. The van der Waals surface area contributed by atoms with Crippen molar-refractivity contribution in [2.45, 2.75) is 20.0 Å². The monoisotopic (exact) mass is 463 g/mol. The van der Waals surface area contributed by atoms with Gasteiger partial charge in [0.1, 0.15) is 18.1 Å². The van der Waals surface area contributed by atoms with E-state index < -0.39 is 5.97 Å². The van der Waals surface area contributed by atoms with Gasteiger partial charge in [0.2, 0.25) is 0 Å². The molecule has 0 spiro atoms. The number of hydrogen-bond acceptors (Lipinski definition) is 6. The van der Waals surface area contributed by atoms with Gasteiger partial charge < -0.3 is 19.5 Å². The smallest absolute Gasteiger partial charge is 0.545 e. The van der Waals surface area contributed by atoms with E-state index in [-0.39, 0.29) is 47.5 Å². The van der Waals surface area contributed by atoms with E-state index in [0.717, 1.165) is 22.5 Å². The largest absolute Gasteiger partial charge is 1.00 e. The maximum atomic E-state index is 11.3. The summed E-state index contributed by atoms with van der Waals surface area (Å²) in [5.41, 5.74) is 3.61. The van der Waals surface area contributed by atoms with Gasteiger partial charge in [0.25, 0.3) is 0 Å². The normalized spacial score (nSPS) is 10.9. The van der Waals surface area contributed by atoms with Gasteiger partial charge in [-0.1, -0.05) is 48.5 Å². The molecule has 34 heavy (non-hydrogen) atoms. The SMILES string of the molecule is CCC(=NOCc1cccc(Oc2ccccc2C(=O)[O-])c1)c1ccc(-n2cccn2)cc1.[Na+]. The summed E-state index contributed by atoms with van der Waals surface area (Å²) < 4.78 is 7.55. The molecule has 7 nitrogen and oxygen atoms in total. The number of aromatic nitrogens is 2. The van der Waals surface area contributed by atoms with Crippen LogP contribution >= 0.6 is 0 Å². The van der Waals surface area contributed by atoms with E-state index in [9.17, 15) is 9.90 Å². The fourth-order valence-electron chi connectivity index (χ4n) is 3.28. The Labute approximate surface area is 219 Å². The van der Waals surface area contributed by atoms with Crippen LogP contribution in [0.4, 0.5) is 0 Å². The van der Waals surface area contributed by atoms with Gasteiger partial charge in [0, 0.05) is 18.0 Å². The fourth-order valence-corrected chi connectivity index (χ4v) is 3.28. The van der Waals surface area contributed by atoms with Crippen molar-refractivity contribution in [1.82, 2.24) is 9.78 Å². The average molecular weight is 463 g/mol. The Morgan fingerprint density at radius 2 is 1.82 bits per heavy atom. The Kier molecular flexibility index (Phi) is 9.04. The van der Waals surface area contributed by atoms with Crippen LogP contribution in [0.25, 0.3) is 5.69 Å². The van der Waals surface area contributed by atoms with Crippen molar-refractivity contribution >= 4 is 11.7 Å². The number of carbonyl (C=O) groups is 1. The van der Waals surface area contributed by atoms with E-state index in [0.29, 0.717) is 12.2 Å². The zero-order valence-electron chi connectivity index (χ0n) is 19.0. The quantitative estimate of drug-likeness (QED) is 0.213. The molecule has 0 amide bonds. The number of benzene rings is 3. The Bertz CT molecular complexity index is 1260. The number of rotatable bonds is 9. The van der Waals surface area contributed by atoms with Crippen molar-refractivity contribution in [3.8, 4) is 17.2 Å². The van der Waals surface area contributed by atoms with E-state index in [4.69, 9.17) is 9.57 Å². The molecule has 0 atom stereocenters. The van der Waals surface area contributed by atoms with Gasteiger partial charge in [-0.25, -0.2) is 4.68 Å². The van der Waals surface area contributed by atoms with Crippen molar-refractivity contribution in [3.63, 3.8) is 0 Å². The van der Waals surface area contributed by atoms with E-state index in [1.54, 1.807) is 41.2 Å². The first-order valence-corrected chi connectivity index (χ1v) is 10.5. The van der Waals surface area contributed by atoms with Gasteiger partial charge in [0.05, 0.1) is 17.4 Å². The summed E-state index contributed by atoms with van der Waals surface area (Å²) in [6, 6.07) is 23.4. The van der Waals surface area contributed by atoms with Crippen LogP contribution in [0.3, 0.4) is 0 Å². The second-order valence-corrected chi connectivity index (χ2v) is 7.20. The molecule has 0 aliphatic rings. The maximum Gasteiger partial charge on any atom is 1.00 e. The molecule has 1 aromatic heterocycles. The second-order valence-electron chi connectivity index (χ2n) is 7.20. The molecule has 1 heterocycles. The van der Waals surface area contributed by atoms with Crippen molar-refractivity contribution in [2.75, 3.05) is 0 Å². The molecule has 0 N–H and O–H groups in total. The Hall–Kier alpha value is -3.39. The van der Waals surface area contributed by atoms with Gasteiger partial charge in [-0.05, 0) is 60.0 Å². The van der Waals surface area contributed by atoms with Crippen LogP contribution in [0.2, 0.25) is 0 Å². The number of carbonyl (C=O) groups excluding carboxylic acids is 1. The number of para-hydroxylation sites is 1. The standard InChI is InChI=1S/C26H23N3O4.Na/c1-2-24(20-11-13-21(14-12-20)29-16-6-15-27-29)28-32-18-19-7-5-8-22(17-19)33-25-10-4-3-9-23(25)26(30)31;/h3-17H,2,18H2,1H3,(H,30,31);/q;+1/p-1. The summed E-state index contributed by atoms with van der Waals surface area (Å²) >= 11 is 0. The first kappa shape index (κ1) is 25.2. The van der Waals surface area contributed by atoms with Gasteiger partial charge in [-0.15, -0.1) is 0 Å². The Morgan fingerprint density at radius 3 is 2.53 bits per heavy atom. The first-order chi connectivity index (χ1) is 16.1. The van der Waals surface area contributed by atoms with Crippen LogP contribution in [0, 0.1) is 0 Å². The van der Waals surface area contributed by atoms with Gasteiger partial charge in [-0.2, -0.15) is 5.10 Å². The van der Waals surface area contributed by atoms with E-state index in [1.807, 2.05) is 55.6 Å². The molecular weight excluding hydrogens is 441 g/mol. The number of hydrogen-bond donors (Lipinski definition) is 0. The van der Waals surface area contributed by atoms with Crippen molar-refractivity contribution in [3.05, 3.63) is 108 Å². The molecule has 3 aromatic carbocycles. The third-order valence-electron chi connectivity index (χ3n) is 4.94. The molecule has 166 valence electrons. The maximum absolute atomic E-state index is 11.3. The van der Waals surface area contributed by atoms with Crippen LogP contribution in [0.1, 0.15) is 34.8 Å². The topological polar surface area (TPSA) is 88.8 Å². The molecule has 0 saturated carbocycles. The zero-order valence-corrected chi connectivity index (χ0v) is 21.0. The molecule has 0 aliphatic heterocycles. The Balaban J connectivity index is 0.00000324. The minimum Gasteiger partial charge on any atom is -0.545 e. The summed E-state index contributed by atoms with van der Waals surface area (Å²) in [5, 5.41) is 19.8. The molecule has 8 heteroatoms. The molecule has 0 unspecified atom stereocenters. The molecule has 4 rings (SSSR count). The average Bonchev–Trinajstić information content (AvgIpc) is 3.38. The number of aromatic carboxylic acids is 1. The van der Waals surface area contributed by atoms with Crippen LogP contribution in [-0.4, -0.2) is 21.5 Å². The predicted molar refractivity (Wildman–Crippen MR) is 122 cm³/mol. The van der Waals surface area contributed by atoms with Crippen LogP contribution in [-0.2, 0) is 11.4 Å². The fraction of sp³-hybridized carbons (Fsp3) is 0.115. The third-order valence-corrected chi connectivity index (χ3v) is 4.94. The zero-order chi connectivity index (χ0) is 23.0. The van der Waals surface area contributed by atoms with Gasteiger partial charge in [-0.3, -0.25) is 0 Å². The van der Waals surface area contributed by atoms with Crippen LogP contribution < -0.4 is 39.4 Å². The molecule has 4 aromatic rings. The third kappa shape index (κ3) is 6.35. The molecule has 0 saturated heterocycles. The van der Waals surface area contributed by atoms with Crippen molar-refractivity contribution in [1.29, 1.82) is 0 Å². The number of carboxylic acids is 1. The van der Waals surface area contributed by atoms with Gasteiger partial charge in [0.15, 0.2) is 0 Å². The van der Waals surface area contributed by atoms with Crippen LogP contribution in [0.5, 0.6) is 11.5 Å². The number of nitrogens with zero attached hydrogens (tertiary/aromatic N) is 3. The minimum absolute atomic E-state index is 0. The molecule has 0 aliphatic carbocycles. The summed E-state index contributed by atoms with van der Waals surface area (Å²) in [6.07, 6.45) is 4.34. The summed E-state index contributed by atoms with van der Waals surface area (Å²) in [4.78, 5) is 16.9. The second kappa shape index (κ2) is 12.2. The van der Waals surface area contributed by atoms with Gasteiger partial charge >= 0.3 is 29.6 Å². The molecular formula is C26H22N3NaO4. The van der Waals surface area contributed by atoms with E-state index in [1.165, 1.54) is 6.07 Å². The number of ether oxygens (including phenoxy) is 1. The Morgan fingerprint density at radius 1 is 1.03 bits per heavy atom. The minimum atomic E-state index is -1.29. The summed E-state index contributed by atoms with van der Waals surface area (Å²) in [5.74, 6) is -0.566.